The molecule has 2 aromatic rings. The van der Waals surface area contributed by atoms with Gasteiger partial charge in [-0.3, -0.25) is 9.46 Å². The maximum Gasteiger partial charge on any atom is 0.345 e. The van der Waals surface area contributed by atoms with Crippen LogP contribution in [0.4, 0.5) is 5.82 Å². The van der Waals surface area contributed by atoms with Crippen LogP contribution in [-0.2, 0) is 20.2 Å². The van der Waals surface area contributed by atoms with Crippen molar-refractivity contribution in [1.82, 2.24) is 24.4 Å². The zero-order valence-corrected chi connectivity index (χ0v) is 17.5. The van der Waals surface area contributed by atoms with Crippen LogP contribution in [0.1, 0.15) is 40.5 Å². The molecule has 1 aliphatic carbocycles. The van der Waals surface area contributed by atoms with Crippen LogP contribution >= 0.6 is 7.60 Å². The maximum atomic E-state index is 13.2. The second kappa shape index (κ2) is 7.47. The van der Waals surface area contributed by atoms with E-state index in [0.29, 0.717) is 23.5 Å². The molecule has 0 radical (unpaired) electrons. The normalized spacial score (nSPS) is 16.7. The first-order chi connectivity index (χ1) is 12.6. The summed E-state index contributed by atoms with van der Waals surface area (Å²) < 4.78 is 26.6. The number of nitrogens with two attached hydrogens (primary N) is 1. The molecule has 2 aromatic heterocycles. The van der Waals surface area contributed by atoms with Gasteiger partial charge in [-0.1, -0.05) is 0 Å². The topological polar surface area (TPSA) is 108 Å². The molecule has 0 spiro atoms. The van der Waals surface area contributed by atoms with E-state index < -0.39 is 7.60 Å². The third-order valence-corrected chi connectivity index (χ3v) is 6.92. The van der Waals surface area contributed by atoms with Gasteiger partial charge < -0.3 is 19.3 Å². The van der Waals surface area contributed by atoms with Crippen LogP contribution in [0.5, 0.6) is 0 Å². The lowest BCUT2D eigenvalue weighted by molar-refractivity contribution is 0.122. The highest BCUT2D eigenvalue weighted by molar-refractivity contribution is 7.53. The van der Waals surface area contributed by atoms with Gasteiger partial charge in [0.2, 0.25) is 0 Å². The average Bonchev–Trinajstić information content (AvgIpc) is 3.20. The summed E-state index contributed by atoms with van der Waals surface area (Å²) in [6.07, 6.45) is 5.07. The van der Waals surface area contributed by atoms with E-state index in [-0.39, 0.29) is 24.0 Å². The number of hydrogen-bond acceptors (Lipinski definition) is 8. The summed E-state index contributed by atoms with van der Waals surface area (Å²) >= 11 is 0. The van der Waals surface area contributed by atoms with Gasteiger partial charge in [0, 0.05) is 12.1 Å². The Morgan fingerprint density at radius 3 is 2.41 bits per heavy atom. The first kappa shape index (κ1) is 20.2. The molecule has 0 unspecified atom stereocenters. The minimum atomic E-state index is -3.23. The molecule has 1 fully saturated rings. The van der Waals surface area contributed by atoms with Crippen LogP contribution in [0.15, 0.2) is 12.7 Å². The third-order valence-electron chi connectivity index (χ3n) is 4.66. The average molecular weight is 396 g/mol. The van der Waals surface area contributed by atoms with Crippen molar-refractivity contribution in [2.45, 2.75) is 64.8 Å². The first-order valence-electron chi connectivity index (χ1n) is 9.22. The molecule has 2 heterocycles. The molecule has 0 bridgehead atoms. The fraction of sp³-hybridized carbons (Fsp3) is 0.706. The van der Waals surface area contributed by atoms with Crippen molar-refractivity contribution in [3.8, 4) is 0 Å². The molecule has 0 aliphatic heterocycles. The molecule has 3 rings (SSSR count). The molecule has 27 heavy (non-hydrogen) atoms. The summed E-state index contributed by atoms with van der Waals surface area (Å²) in [6, 6.07) is 0. The molecule has 1 saturated carbocycles. The number of hydrogen-bond donors (Lipinski definition) is 1. The number of nitrogens with zero attached hydrogens (tertiary/aromatic N) is 5. The molecular weight excluding hydrogens is 367 g/mol. The summed E-state index contributed by atoms with van der Waals surface area (Å²) in [5, 5.41) is 0. The molecule has 0 atom stereocenters. The zero-order chi connectivity index (χ0) is 19.8. The monoisotopic (exact) mass is 396 g/mol. The Labute approximate surface area is 159 Å². The Hall–Kier alpha value is -1.54. The fourth-order valence-electron chi connectivity index (χ4n) is 3.28. The number of fused-ring (bicyclic) bond motifs is 1. The van der Waals surface area contributed by atoms with Gasteiger partial charge >= 0.3 is 7.60 Å². The summed E-state index contributed by atoms with van der Waals surface area (Å²) in [6.45, 7) is 8.14. The van der Waals surface area contributed by atoms with Gasteiger partial charge in [-0.25, -0.2) is 15.0 Å². The van der Waals surface area contributed by atoms with Crippen LogP contribution in [0.25, 0.3) is 11.2 Å². The van der Waals surface area contributed by atoms with Crippen molar-refractivity contribution >= 4 is 24.6 Å². The molecule has 0 saturated heterocycles. The van der Waals surface area contributed by atoms with Gasteiger partial charge in [-0.2, -0.15) is 0 Å². The number of nitrogen functional groups attached to an aromatic ring is 1. The second-order valence-electron chi connectivity index (χ2n) is 7.79. The van der Waals surface area contributed by atoms with E-state index in [1.165, 1.54) is 6.33 Å². The first-order valence-corrected chi connectivity index (χ1v) is 11.0. The fourth-order valence-corrected chi connectivity index (χ4v) is 5.57. The van der Waals surface area contributed by atoms with Gasteiger partial charge in [-0.05, 0) is 47.6 Å². The van der Waals surface area contributed by atoms with E-state index >= 15 is 0 Å². The summed E-state index contributed by atoms with van der Waals surface area (Å²) in [5.41, 5.74) is 7.07. The Balaban J connectivity index is 1.78. The van der Waals surface area contributed by atoms with E-state index in [1.807, 2.05) is 39.3 Å². The van der Waals surface area contributed by atoms with Crippen molar-refractivity contribution in [1.29, 1.82) is 0 Å². The highest BCUT2D eigenvalue weighted by atomic mass is 31.2. The van der Waals surface area contributed by atoms with Crippen LogP contribution in [0.2, 0.25) is 0 Å². The van der Waals surface area contributed by atoms with E-state index in [0.717, 1.165) is 12.8 Å². The van der Waals surface area contributed by atoms with Gasteiger partial charge in [-0.15, -0.1) is 0 Å². The Morgan fingerprint density at radius 2 is 1.85 bits per heavy atom. The quantitative estimate of drug-likeness (QED) is 0.645. The van der Waals surface area contributed by atoms with Crippen LogP contribution in [0, 0.1) is 0 Å². The molecule has 150 valence electrons. The lowest BCUT2D eigenvalue weighted by atomic mass is 10.2. The summed E-state index contributed by atoms with van der Waals surface area (Å²) in [7, 11) is -1.27. The predicted molar refractivity (Wildman–Crippen MR) is 104 cm³/mol. The Morgan fingerprint density at radius 1 is 1.22 bits per heavy atom. The molecule has 1 aliphatic rings. The smallest absolute Gasteiger partial charge is 0.345 e. The summed E-state index contributed by atoms with van der Waals surface area (Å²) in [4.78, 5) is 14.7. The minimum Gasteiger partial charge on any atom is -0.382 e. The van der Waals surface area contributed by atoms with Crippen molar-refractivity contribution in [2.75, 3.05) is 19.1 Å². The highest BCUT2D eigenvalue weighted by Crippen LogP contribution is 2.54. The largest absolute Gasteiger partial charge is 0.382 e. The van der Waals surface area contributed by atoms with Crippen molar-refractivity contribution in [3.05, 3.63) is 12.7 Å². The molecule has 2 N–H and O–H groups in total. The van der Waals surface area contributed by atoms with Gasteiger partial charge in [0.1, 0.15) is 18.1 Å². The second-order valence-corrected chi connectivity index (χ2v) is 9.71. The number of anilines is 1. The molecule has 9 nitrogen and oxygen atoms in total. The lowest BCUT2D eigenvalue weighted by Gasteiger charge is -2.32. The summed E-state index contributed by atoms with van der Waals surface area (Å²) in [5.74, 6) is 0.372. The van der Waals surface area contributed by atoms with Gasteiger partial charge in [0.05, 0.1) is 18.5 Å². The maximum absolute atomic E-state index is 13.2. The van der Waals surface area contributed by atoms with Crippen molar-refractivity contribution in [2.24, 2.45) is 0 Å². The third kappa shape index (κ3) is 4.48. The van der Waals surface area contributed by atoms with E-state index in [4.69, 9.17) is 14.8 Å². The Bertz CT molecular complexity index is 834. The number of aromatic nitrogens is 4. The van der Waals surface area contributed by atoms with Crippen LogP contribution < -0.4 is 5.73 Å². The van der Waals surface area contributed by atoms with Crippen LogP contribution in [-0.4, -0.2) is 55.5 Å². The standard InChI is InChI=1S/C17H29N6O3P/c1-12(2)25-27(24,26-13(3)4)11-22(5)17(6-7-17)8-23-10-21-14-15(18)19-9-20-16(14)23/h9-10,12-13H,6-8,11H2,1-5H3,(H2,18,19,20). The lowest BCUT2D eigenvalue weighted by Crippen LogP contribution is -2.39. The molecule has 10 heteroatoms. The van der Waals surface area contributed by atoms with E-state index in [9.17, 15) is 4.57 Å². The van der Waals surface area contributed by atoms with E-state index in [2.05, 4.69) is 19.9 Å². The number of imidazole rings is 1. The molecule has 0 aromatic carbocycles. The minimum absolute atomic E-state index is 0.121. The Kier molecular flexibility index (Phi) is 5.59. The predicted octanol–water partition coefficient (Wildman–Crippen LogP) is 2.87. The SMILES string of the molecule is CC(C)OP(=O)(CN(C)C1(Cn2cnc3c(N)ncnc32)CC1)OC(C)C. The molecule has 0 amide bonds. The van der Waals surface area contributed by atoms with Gasteiger partial charge in [0.15, 0.2) is 11.5 Å². The van der Waals surface area contributed by atoms with Crippen molar-refractivity contribution in [3.63, 3.8) is 0 Å². The zero-order valence-electron chi connectivity index (χ0n) is 16.6. The van der Waals surface area contributed by atoms with Gasteiger partial charge in [0.25, 0.3) is 0 Å². The number of likely N-dealkylation sites (N-methyl/N-ethyl adjacent to an activating group) is 1. The van der Waals surface area contributed by atoms with Crippen LogP contribution in [0.3, 0.4) is 0 Å². The molecular formula is C17H29N6O3P. The number of rotatable bonds is 9. The van der Waals surface area contributed by atoms with E-state index in [1.54, 1.807) is 6.33 Å². The highest BCUT2D eigenvalue weighted by Gasteiger charge is 2.49. The van der Waals surface area contributed by atoms with Crippen molar-refractivity contribution < 1.29 is 13.6 Å².